The summed E-state index contributed by atoms with van der Waals surface area (Å²) in [6.45, 7) is 6.16. The second-order valence-corrected chi connectivity index (χ2v) is 7.28. The van der Waals surface area contributed by atoms with Gasteiger partial charge in [0, 0.05) is 8.04 Å². The van der Waals surface area contributed by atoms with Gasteiger partial charge >= 0.3 is 0 Å². The summed E-state index contributed by atoms with van der Waals surface area (Å²) in [5.74, 6) is -0.0622. The molecule has 0 saturated heterocycles. The van der Waals surface area contributed by atoms with Crippen molar-refractivity contribution in [2.45, 2.75) is 26.8 Å². The van der Waals surface area contributed by atoms with E-state index in [0.717, 1.165) is 13.6 Å². The molecule has 0 spiro atoms. The summed E-state index contributed by atoms with van der Waals surface area (Å²) in [6, 6.07) is 12.0. The molecule has 0 saturated carbocycles. The lowest BCUT2D eigenvalue weighted by Gasteiger charge is -2.17. The number of halogens is 2. The van der Waals surface area contributed by atoms with E-state index in [1.807, 2.05) is 25.1 Å². The van der Waals surface area contributed by atoms with Crippen LogP contribution in [-0.2, 0) is 0 Å². The summed E-state index contributed by atoms with van der Waals surface area (Å²) in [6.07, 6.45) is 0. The van der Waals surface area contributed by atoms with Gasteiger partial charge in [0.25, 0.3) is 5.91 Å². The van der Waals surface area contributed by atoms with Gasteiger partial charge in [0.15, 0.2) is 0 Å². The Bertz CT molecular complexity index is 684. The van der Waals surface area contributed by atoms with Gasteiger partial charge in [-0.25, -0.2) is 0 Å². The number of aryl methyl sites for hydroxylation is 2. The minimum atomic E-state index is -0.0622. The van der Waals surface area contributed by atoms with Crippen molar-refractivity contribution in [1.82, 2.24) is 5.32 Å². The Hall–Kier alpha value is -0.880. The van der Waals surface area contributed by atoms with Crippen LogP contribution in [0.25, 0.3) is 0 Å². The van der Waals surface area contributed by atoms with E-state index in [1.54, 1.807) is 0 Å². The highest BCUT2D eigenvalue weighted by atomic mass is 127. The first-order valence-electron chi connectivity index (χ1n) is 6.71. The average molecular weight is 458 g/mol. The van der Waals surface area contributed by atoms with Crippen LogP contribution in [-0.4, -0.2) is 5.91 Å². The first-order valence-corrected chi connectivity index (χ1v) is 8.58. The van der Waals surface area contributed by atoms with E-state index in [-0.39, 0.29) is 11.9 Å². The lowest BCUT2D eigenvalue weighted by atomic mass is 10.00. The molecule has 0 aromatic heterocycles. The monoisotopic (exact) mass is 457 g/mol. The van der Waals surface area contributed by atoms with Crippen molar-refractivity contribution in [3.63, 3.8) is 0 Å². The normalized spacial score (nSPS) is 12.0. The lowest BCUT2D eigenvalue weighted by molar-refractivity contribution is 0.0939. The number of rotatable bonds is 3. The molecule has 4 heteroatoms. The first-order chi connectivity index (χ1) is 9.88. The fourth-order valence-corrected chi connectivity index (χ4v) is 3.25. The largest absolute Gasteiger partial charge is 0.345 e. The highest BCUT2D eigenvalue weighted by Crippen LogP contribution is 2.22. The highest BCUT2D eigenvalue weighted by molar-refractivity contribution is 14.1. The van der Waals surface area contributed by atoms with Gasteiger partial charge in [0.05, 0.1) is 11.6 Å². The molecule has 1 atom stereocenters. The van der Waals surface area contributed by atoms with Gasteiger partial charge in [-0.1, -0.05) is 23.8 Å². The third-order valence-corrected chi connectivity index (χ3v) is 4.77. The molecule has 0 fully saturated rings. The third-order valence-electron chi connectivity index (χ3n) is 3.41. The first kappa shape index (κ1) is 16.5. The number of hydrogen-bond donors (Lipinski definition) is 1. The van der Waals surface area contributed by atoms with E-state index in [4.69, 9.17) is 0 Å². The SMILES string of the molecule is Cc1ccc(C(C)NC(=O)c2cc(I)ccc2Br)c(C)c1. The molecular weight excluding hydrogens is 441 g/mol. The standard InChI is InChI=1S/C17H17BrINO/c1-10-4-6-14(11(2)8-10)12(3)20-17(21)15-9-13(19)5-7-16(15)18/h4-9,12H,1-3H3,(H,20,21). The lowest BCUT2D eigenvalue weighted by Crippen LogP contribution is -2.27. The van der Waals surface area contributed by atoms with Crippen LogP contribution in [0.4, 0.5) is 0 Å². The van der Waals surface area contributed by atoms with E-state index in [1.165, 1.54) is 11.1 Å². The molecule has 21 heavy (non-hydrogen) atoms. The zero-order valence-corrected chi connectivity index (χ0v) is 15.9. The molecule has 2 rings (SSSR count). The maximum Gasteiger partial charge on any atom is 0.252 e. The van der Waals surface area contributed by atoms with Crippen LogP contribution in [0.2, 0.25) is 0 Å². The van der Waals surface area contributed by atoms with Crippen molar-refractivity contribution in [2.24, 2.45) is 0 Å². The molecule has 110 valence electrons. The predicted molar refractivity (Wildman–Crippen MR) is 98.7 cm³/mol. The van der Waals surface area contributed by atoms with Gasteiger partial charge in [0.2, 0.25) is 0 Å². The summed E-state index contributed by atoms with van der Waals surface area (Å²) in [5, 5.41) is 3.07. The number of amides is 1. The van der Waals surface area contributed by atoms with Gasteiger partial charge in [0.1, 0.15) is 0 Å². The molecule has 0 heterocycles. The minimum absolute atomic E-state index is 0.0251. The van der Waals surface area contributed by atoms with E-state index < -0.39 is 0 Å². The molecule has 0 radical (unpaired) electrons. The molecular formula is C17H17BrINO. The van der Waals surface area contributed by atoms with E-state index in [0.29, 0.717) is 5.56 Å². The third kappa shape index (κ3) is 4.07. The molecule has 1 unspecified atom stereocenters. The van der Waals surface area contributed by atoms with Gasteiger partial charge in [-0.3, -0.25) is 4.79 Å². The zero-order chi connectivity index (χ0) is 15.6. The minimum Gasteiger partial charge on any atom is -0.345 e. The fraction of sp³-hybridized carbons (Fsp3) is 0.235. The van der Waals surface area contributed by atoms with Gasteiger partial charge in [-0.05, 0) is 88.6 Å². The van der Waals surface area contributed by atoms with Gasteiger partial charge in [-0.15, -0.1) is 0 Å². The van der Waals surface area contributed by atoms with Crippen LogP contribution < -0.4 is 5.32 Å². The summed E-state index contributed by atoms with van der Waals surface area (Å²) in [4.78, 5) is 12.4. The number of benzene rings is 2. The maximum atomic E-state index is 12.4. The van der Waals surface area contributed by atoms with Crippen molar-refractivity contribution < 1.29 is 4.79 Å². The molecule has 0 aliphatic rings. The second-order valence-electron chi connectivity index (χ2n) is 5.18. The van der Waals surface area contributed by atoms with Gasteiger partial charge < -0.3 is 5.32 Å². The zero-order valence-electron chi connectivity index (χ0n) is 12.2. The highest BCUT2D eigenvalue weighted by Gasteiger charge is 2.15. The molecule has 1 N–H and O–H groups in total. The fourth-order valence-electron chi connectivity index (χ4n) is 2.34. The van der Waals surface area contributed by atoms with Crippen molar-refractivity contribution in [3.8, 4) is 0 Å². The Kier molecular flexibility index (Phi) is 5.43. The van der Waals surface area contributed by atoms with Crippen LogP contribution in [0.3, 0.4) is 0 Å². The smallest absolute Gasteiger partial charge is 0.252 e. The second kappa shape index (κ2) is 6.92. The topological polar surface area (TPSA) is 29.1 Å². The average Bonchev–Trinajstić information content (AvgIpc) is 2.41. The molecule has 2 aromatic rings. The molecule has 2 aromatic carbocycles. The van der Waals surface area contributed by atoms with E-state index >= 15 is 0 Å². The molecule has 1 amide bonds. The summed E-state index contributed by atoms with van der Waals surface area (Å²) in [5.41, 5.74) is 4.24. The Labute approximate surface area is 147 Å². The van der Waals surface area contributed by atoms with Crippen molar-refractivity contribution >= 4 is 44.4 Å². The number of nitrogens with one attached hydrogen (secondary N) is 1. The Morgan fingerprint density at radius 2 is 1.90 bits per heavy atom. The van der Waals surface area contributed by atoms with Crippen LogP contribution in [0.15, 0.2) is 40.9 Å². The summed E-state index contributed by atoms with van der Waals surface area (Å²) in [7, 11) is 0. The summed E-state index contributed by atoms with van der Waals surface area (Å²) < 4.78 is 1.85. The number of carbonyl (C=O) groups excluding carboxylic acids is 1. The maximum absolute atomic E-state index is 12.4. The number of hydrogen-bond acceptors (Lipinski definition) is 1. The molecule has 0 bridgehead atoms. The van der Waals surface area contributed by atoms with Crippen LogP contribution in [0.1, 0.15) is 40.0 Å². The number of carbonyl (C=O) groups is 1. The van der Waals surface area contributed by atoms with Crippen molar-refractivity contribution in [3.05, 3.63) is 66.7 Å². The van der Waals surface area contributed by atoms with Crippen LogP contribution in [0.5, 0.6) is 0 Å². The molecule has 0 aliphatic heterocycles. The van der Waals surface area contributed by atoms with Crippen molar-refractivity contribution in [1.29, 1.82) is 0 Å². The quantitative estimate of drug-likeness (QED) is 0.633. The molecule has 2 nitrogen and oxygen atoms in total. The van der Waals surface area contributed by atoms with Crippen molar-refractivity contribution in [2.75, 3.05) is 0 Å². The molecule has 0 aliphatic carbocycles. The predicted octanol–water partition coefficient (Wildman–Crippen LogP) is 5.16. The Balaban J connectivity index is 2.20. The van der Waals surface area contributed by atoms with Crippen LogP contribution >= 0.6 is 38.5 Å². The van der Waals surface area contributed by atoms with Gasteiger partial charge in [-0.2, -0.15) is 0 Å². The Morgan fingerprint density at radius 3 is 2.57 bits per heavy atom. The summed E-state index contributed by atoms with van der Waals surface area (Å²) >= 11 is 5.65. The van der Waals surface area contributed by atoms with E-state index in [9.17, 15) is 4.79 Å². The van der Waals surface area contributed by atoms with Crippen LogP contribution in [0, 0.1) is 17.4 Å². The van der Waals surface area contributed by atoms with E-state index in [2.05, 4.69) is 75.9 Å². The Morgan fingerprint density at radius 1 is 1.19 bits per heavy atom.